The van der Waals surface area contributed by atoms with Crippen LogP contribution in [0.3, 0.4) is 0 Å². The summed E-state index contributed by atoms with van der Waals surface area (Å²) in [6.45, 7) is 0.596. The molecule has 8 nitrogen and oxygen atoms in total. The van der Waals surface area contributed by atoms with Gasteiger partial charge in [-0.05, 0) is 29.0 Å². The highest BCUT2D eigenvalue weighted by molar-refractivity contribution is 7.89. The zero-order chi connectivity index (χ0) is 19.1. The molecule has 0 saturated carbocycles. The van der Waals surface area contributed by atoms with E-state index in [2.05, 4.69) is 20.1 Å². The van der Waals surface area contributed by atoms with E-state index in [1.165, 1.54) is 4.31 Å². The Kier molecular flexibility index (Phi) is 3.92. The van der Waals surface area contributed by atoms with Crippen LogP contribution in [0.4, 0.5) is 0 Å². The van der Waals surface area contributed by atoms with Crippen LogP contribution in [-0.4, -0.2) is 45.9 Å². The van der Waals surface area contributed by atoms with Crippen LogP contribution in [0.5, 0.6) is 0 Å². The van der Waals surface area contributed by atoms with E-state index in [9.17, 15) is 8.42 Å². The Morgan fingerprint density at radius 2 is 1.68 bits per heavy atom. The van der Waals surface area contributed by atoms with E-state index in [0.717, 1.165) is 10.8 Å². The van der Waals surface area contributed by atoms with Crippen molar-refractivity contribution >= 4 is 20.8 Å². The molecule has 4 aromatic rings. The Balaban J connectivity index is 1.34. The van der Waals surface area contributed by atoms with E-state index in [1.807, 2.05) is 30.3 Å². The van der Waals surface area contributed by atoms with Crippen molar-refractivity contribution in [1.29, 1.82) is 0 Å². The average molecular weight is 393 g/mol. The number of fused-ring (bicyclic) bond motifs is 1. The monoisotopic (exact) mass is 393 g/mol. The Morgan fingerprint density at radius 1 is 0.929 bits per heavy atom. The SMILES string of the molecule is O=S(=O)(c1ccc2ccccc2c1)N1CC(c2nc(-c3ncccn3)no2)C1. The molecule has 1 fully saturated rings. The lowest BCUT2D eigenvalue weighted by atomic mass is 10.0. The third-order valence-electron chi connectivity index (χ3n) is 4.76. The van der Waals surface area contributed by atoms with E-state index in [4.69, 9.17) is 4.52 Å². The number of nitrogens with zero attached hydrogens (tertiary/aromatic N) is 5. The number of rotatable bonds is 4. The van der Waals surface area contributed by atoms with Gasteiger partial charge in [-0.15, -0.1) is 0 Å². The van der Waals surface area contributed by atoms with Crippen molar-refractivity contribution in [2.45, 2.75) is 10.8 Å². The minimum Gasteiger partial charge on any atom is -0.338 e. The Bertz CT molecular complexity index is 1250. The van der Waals surface area contributed by atoms with Gasteiger partial charge in [0.05, 0.1) is 10.8 Å². The summed E-state index contributed by atoms with van der Waals surface area (Å²) >= 11 is 0. The lowest BCUT2D eigenvalue weighted by Gasteiger charge is -2.35. The van der Waals surface area contributed by atoms with E-state index >= 15 is 0 Å². The van der Waals surface area contributed by atoms with E-state index in [1.54, 1.807) is 30.6 Å². The third kappa shape index (κ3) is 2.85. The van der Waals surface area contributed by atoms with Crippen molar-refractivity contribution in [2.75, 3.05) is 13.1 Å². The molecule has 0 atom stereocenters. The molecule has 0 aliphatic carbocycles. The molecule has 0 N–H and O–H groups in total. The fourth-order valence-corrected chi connectivity index (χ4v) is 4.74. The molecule has 0 radical (unpaired) electrons. The fraction of sp³-hybridized carbons (Fsp3) is 0.158. The van der Waals surface area contributed by atoms with Crippen LogP contribution in [0.25, 0.3) is 22.4 Å². The van der Waals surface area contributed by atoms with Gasteiger partial charge in [-0.25, -0.2) is 18.4 Å². The van der Waals surface area contributed by atoms with Crippen molar-refractivity contribution in [2.24, 2.45) is 0 Å². The zero-order valence-electron chi connectivity index (χ0n) is 14.6. The maximum Gasteiger partial charge on any atom is 0.243 e. The molecule has 2 aromatic heterocycles. The second kappa shape index (κ2) is 6.47. The molecule has 9 heteroatoms. The molecule has 2 aromatic carbocycles. The van der Waals surface area contributed by atoms with Gasteiger partial charge >= 0.3 is 0 Å². The molecule has 0 amide bonds. The van der Waals surface area contributed by atoms with Gasteiger partial charge in [0, 0.05) is 25.5 Å². The van der Waals surface area contributed by atoms with Crippen LogP contribution in [0.2, 0.25) is 0 Å². The fourth-order valence-electron chi connectivity index (χ4n) is 3.17. The maximum atomic E-state index is 12.9. The van der Waals surface area contributed by atoms with E-state index in [-0.39, 0.29) is 10.8 Å². The van der Waals surface area contributed by atoms with Crippen molar-refractivity contribution < 1.29 is 12.9 Å². The summed E-state index contributed by atoms with van der Waals surface area (Å²) in [5.74, 6) is 0.927. The van der Waals surface area contributed by atoms with Crippen LogP contribution >= 0.6 is 0 Å². The Hall–Kier alpha value is -3.17. The van der Waals surface area contributed by atoms with Crippen molar-refractivity contribution in [3.63, 3.8) is 0 Å². The van der Waals surface area contributed by atoms with Gasteiger partial charge in [0.15, 0.2) is 0 Å². The molecule has 5 rings (SSSR count). The normalized spacial score (nSPS) is 15.6. The first-order valence-corrected chi connectivity index (χ1v) is 10.2. The molecule has 1 aliphatic heterocycles. The largest absolute Gasteiger partial charge is 0.338 e. The second-order valence-electron chi connectivity index (χ2n) is 6.56. The number of sulfonamides is 1. The Morgan fingerprint density at radius 3 is 2.46 bits per heavy atom. The summed E-state index contributed by atoms with van der Waals surface area (Å²) in [5, 5.41) is 5.79. The predicted molar refractivity (Wildman–Crippen MR) is 101 cm³/mol. The summed E-state index contributed by atoms with van der Waals surface area (Å²) in [4.78, 5) is 12.8. The maximum absolute atomic E-state index is 12.9. The second-order valence-corrected chi connectivity index (χ2v) is 8.49. The summed E-state index contributed by atoms with van der Waals surface area (Å²) in [7, 11) is -3.56. The predicted octanol–water partition coefficient (Wildman–Crippen LogP) is 2.47. The van der Waals surface area contributed by atoms with Crippen LogP contribution < -0.4 is 0 Å². The van der Waals surface area contributed by atoms with Gasteiger partial charge in [0.2, 0.25) is 27.6 Å². The molecule has 0 bridgehead atoms. The highest BCUT2D eigenvalue weighted by Crippen LogP contribution is 2.32. The van der Waals surface area contributed by atoms with Gasteiger partial charge in [-0.3, -0.25) is 0 Å². The molecular formula is C19H15N5O3S. The number of hydrogen-bond acceptors (Lipinski definition) is 7. The average Bonchev–Trinajstić information content (AvgIpc) is 3.16. The number of benzene rings is 2. The van der Waals surface area contributed by atoms with Gasteiger partial charge in [-0.1, -0.05) is 35.5 Å². The minimum atomic E-state index is -3.56. The highest BCUT2D eigenvalue weighted by Gasteiger charge is 2.40. The molecule has 1 saturated heterocycles. The quantitative estimate of drug-likeness (QED) is 0.525. The molecule has 28 heavy (non-hydrogen) atoms. The summed E-state index contributed by atoms with van der Waals surface area (Å²) < 4.78 is 32.5. The summed E-state index contributed by atoms with van der Waals surface area (Å²) in [6, 6.07) is 14.5. The Labute approximate surface area is 160 Å². The van der Waals surface area contributed by atoms with Crippen molar-refractivity contribution in [3.8, 4) is 11.6 Å². The standard InChI is InChI=1S/C19H15N5O3S/c25-28(26,16-7-6-13-4-1-2-5-14(13)10-16)24-11-15(12-24)19-22-18(23-27-19)17-20-8-3-9-21-17/h1-10,15H,11-12H2. The molecule has 3 heterocycles. The number of hydrogen-bond donors (Lipinski definition) is 0. The van der Waals surface area contributed by atoms with E-state index < -0.39 is 10.0 Å². The lowest BCUT2D eigenvalue weighted by molar-refractivity contribution is 0.217. The first-order valence-electron chi connectivity index (χ1n) is 8.71. The van der Waals surface area contributed by atoms with E-state index in [0.29, 0.717) is 30.6 Å². The molecule has 1 aliphatic rings. The van der Waals surface area contributed by atoms with Crippen LogP contribution in [0.1, 0.15) is 11.8 Å². The lowest BCUT2D eigenvalue weighted by Crippen LogP contribution is -2.48. The van der Waals surface area contributed by atoms with Crippen molar-refractivity contribution in [3.05, 3.63) is 66.8 Å². The molecule has 0 spiro atoms. The first-order chi connectivity index (χ1) is 13.6. The highest BCUT2D eigenvalue weighted by atomic mass is 32.2. The van der Waals surface area contributed by atoms with Gasteiger partial charge in [0.1, 0.15) is 0 Å². The smallest absolute Gasteiger partial charge is 0.243 e. The molecule has 140 valence electrons. The van der Waals surface area contributed by atoms with Crippen LogP contribution in [-0.2, 0) is 10.0 Å². The summed E-state index contributed by atoms with van der Waals surface area (Å²) in [5.41, 5.74) is 0. The minimum absolute atomic E-state index is 0.139. The first kappa shape index (κ1) is 17.0. The van der Waals surface area contributed by atoms with Crippen LogP contribution in [0.15, 0.2) is 70.3 Å². The van der Waals surface area contributed by atoms with Crippen LogP contribution in [0, 0.1) is 0 Å². The summed E-state index contributed by atoms with van der Waals surface area (Å²) in [6.07, 6.45) is 3.19. The van der Waals surface area contributed by atoms with Crippen molar-refractivity contribution in [1.82, 2.24) is 24.4 Å². The van der Waals surface area contributed by atoms with Gasteiger partial charge in [0.25, 0.3) is 0 Å². The molecule has 0 unspecified atom stereocenters. The topological polar surface area (TPSA) is 102 Å². The number of aromatic nitrogens is 4. The third-order valence-corrected chi connectivity index (χ3v) is 6.59. The van der Waals surface area contributed by atoms with Gasteiger partial charge < -0.3 is 4.52 Å². The van der Waals surface area contributed by atoms with Gasteiger partial charge in [-0.2, -0.15) is 9.29 Å². The molecular weight excluding hydrogens is 378 g/mol. The zero-order valence-corrected chi connectivity index (χ0v) is 15.5.